The molecule has 0 radical (unpaired) electrons. The quantitative estimate of drug-likeness (QED) is 0.624. The van der Waals surface area contributed by atoms with Gasteiger partial charge in [-0.3, -0.25) is 4.79 Å². The summed E-state index contributed by atoms with van der Waals surface area (Å²) < 4.78 is 0. The monoisotopic (exact) mass is 274 g/mol. The van der Waals surface area contributed by atoms with Crippen LogP contribution in [0.1, 0.15) is 18.6 Å². The van der Waals surface area contributed by atoms with Gasteiger partial charge in [0.2, 0.25) is 5.91 Å². The van der Waals surface area contributed by atoms with Gasteiger partial charge in [0.1, 0.15) is 12.2 Å². The van der Waals surface area contributed by atoms with E-state index >= 15 is 0 Å². The summed E-state index contributed by atoms with van der Waals surface area (Å²) in [6, 6.07) is 10.9. The topological polar surface area (TPSA) is 95.6 Å². The molecule has 0 saturated heterocycles. The number of hydrogen-bond donors (Lipinski definition) is 4. The molecule has 5 heteroatoms. The zero-order valence-corrected chi connectivity index (χ0v) is 11.2. The summed E-state index contributed by atoms with van der Waals surface area (Å²) in [5, 5.41) is 24.3. The molecule has 0 aromatic heterocycles. The van der Waals surface area contributed by atoms with E-state index < -0.39 is 12.2 Å². The highest BCUT2D eigenvalue weighted by molar-refractivity contribution is 5.86. The number of hydrogen-bond acceptors (Lipinski definition) is 4. The van der Waals surface area contributed by atoms with E-state index in [1.165, 1.54) is 6.92 Å². The van der Waals surface area contributed by atoms with Crippen molar-refractivity contribution in [1.82, 2.24) is 5.32 Å². The number of anilines is 1. The van der Waals surface area contributed by atoms with Crippen LogP contribution in [0.5, 0.6) is 0 Å². The van der Waals surface area contributed by atoms with Crippen molar-refractivity contribution in [1.29, 1.82) is 0 Å². The summed E-state index contributed by atoms with van der Waals surface area (Å²) in [6.07, 6.45) is -2.10. The molecular weight excluding hydrogens is 256 g/mol. The first kappa shape index (κ1) is 14.3. The third kappa shape index (κ3) is 3.26. The summed E-state index contributed by atoms with van der Waals surface area (Å²) in [5.74, 6) is -0.245. The van der Waals surface area contributed by atoms with Gasteiger partial charge in [0.05, 0.1) is 0 Å². The Morgan fingerprint density at radius 3 is 2.55 bits per heavy atom. The van der Waals surface area contributed by atoms with Gasteiger partial charge in [-0.1, -0.05) is 18.2 Å². The van der Waals surface area contributed by atoms with Gasteiger partial charge in [0, 0.05) is 19.2 Å². The van der Waals surface area contributed by atoms with E-state index in [9.17, 15) is 15.0 Å². The van der Waals surface area contributed by atoms with Gasteiger partial charge >= 0.3 is 0 Å². The van der Waals surface area contributed by atoms with Crippen molar-refractivity contribution in [2.24, 2.45) is 0 Å². The molecule has 2 unspecified atom stereocenters. The summed E-state index contributed by atoms with van der Waals surface area (Å²) in [7, 11) is 0. The van der Waals surface area contributed by atoms with E-state index in [0.29, 0.717) is 11.3 Å². The van der Waals surface area contributed by atoms with Crippen LogP contribution in [0.15, 0.2) is 36.4 Å². The number of rotatable bonds is 4. The Hall–Kier alpha value is -2.11. The lowest BCUT2D eigenvalue weighted by atomic mass is 10.00. The molecule has 0 saturated carbocycles. The number of fused-ring (bicyclic) bond motifs is 1. The smallest absolute Gasteiger partial charge is 0.216 e. The third-order valence-corrected chi connectivity index (χ3v) is 3.15. The summed E-state index contributed by atoms with van der Waals surface area (Å²) in [6.45, 7) is 1.37. The van der Waals surface area contributed by atoms with Crippen molar-refractivity contribution in [3.05, 3.63) is 42.0 Å². The van der Waals surface area contributed by atoms with Gasteiger partial charge < -0.3 is 21.3 Å². The van der Waals surface area contributed by atoms with Crippen molar-refractivity contribution < 1.29 is 15.0 Å². The molecule has 2 atom stereocenters. The molecule has 0 fully saturated rings. The Balaban J connectivity index is 2.19. The lowest BCUT2D eigenvalue weighted by molar-refractivity contribution is -0.119. The van der Waals surface area contributed by atoms with Crippen molar-refractivity contribution in [3.63, 3.8) is 0 Å². The number of nitrogen functional groups attached to an aromatic ring is 1. The molecule has 0 spiro atoms. The molecule has 0 heterocycles. The highest BCUT2D eigenvalue weighted by Gasteiger charge is 2.18. The first-order chi connectivity index (χ1) is 9.47. The SMILES string of the molecule is CC(=O)NCC(O)C(O)c1ccc2cc(N)ccc2c1. The van der Waals surface area contributed by atoms with Crippen LogP contribution in [0.3, 0.4) is 0 Å². The van der Waals surface area contributed by atoms with E-state index in [4.69, 9.17) is 5.73 Å². The van der Waals surface area contributed by atoms with E-state index in [1.54, 1.807) is 18.2 Å². The van der Waals surface area contributed by atoms with Crippen LogP contribution in [-0.4, -0.2) is 28.8 Å². The molecule has 5 N–H and O–H groups in total. The Morgan fingerprint density at radius 2 is 1.85 bits per heavy atom. The molecule has 1 amide bonds. The van der Waals surface area contributed by atoms with Crippen LogP contribution in [0.25, 0.3) is 10.8 Å². The number of carbonyl (C=O) groups is 1. The van der Waals surface area contributed by atoms with Crippen molar-refractivity contribution in [3.8, 4) is 0 Å². The van der Waals surface area contributed by atoms with E-state index in [2.05, 4.69) is 5.32 Å². The lowest BCUT2D eigenvalue weighted by Gasteiger charge is -2.18. The average molecular weight is 274 g/mol. The maximum Gasteiger partial charge on any atom is 0.216 e. The molecule has 20 heavy (non-hydrogen) atoms. The predicted octanol–water partition coefficient (Wildman–Crippen LogP) is 0.952. The van der Waals surface area contributed by atoms with Crippen molar-refractivity contribution >= 4 is 22.4 Å². The average Bonchev–Trinajstić information content (AvgIpc) is 2.43. The molecule has 2 aromatic rings. The summed E-state index contributed by atoms with van der Waals surface area (Å²) >= 11 is 0. The van der Waals surface area contributed by atoms with Gasteiger partial charge in [-0.25, -0.2) is 0 Å². The number of carbonyl (C=O) groups excluding carboxylic acids is 1. The van der Waals surface area contributed by atoms with E-state index in [-0.39, 0.29) is 12.5 Å². The van der Waals surface area contributed by atoms with Crippen LogP contribution in [-0.2, 0) is 4.79 Å². The minimum atomic E-state index is -1.05. The highest BCUT2D eigenvalue weighted by atomic mass is 16.3. The van der Waals surface area contributed by atoms with Gasteiger partial charge in [0.15, 0.2) is 0 Å². The zero-order valence-electron chi connectivity index (χ0n) is 11.2. The molecule has 106 valence electrons. The fourth-order valence-corrected chi connectivity index (χ4v) is 2.05. The lowest BCUT2D eigenvalue weighted by Crippen LogP contribution is -2.34. The van der Waals surface area contributed by atoms with Gasteiger partial charge in [-0.15, -0.1) is 0 Å². The van der Waals surface area contributed by atoms with Crippen LogP contribution in [0, 0.1) is 0 Å². The Kier molecular flexibility index (Phi) is 4.22. The maximum absolute atomic E-state index is 10.8. The number of amides is 1. The van der Waals surface area contributed by atoms with E-state index in [0.717, 1.165) is 10.8 Å². The summed E-state index contributed by atoms with van der Waals surface area (Å²) in [4.78, 5) is 10.8. The van der Waals surface area contributed by atoms with Crippen LogP contribution >= 0.6 is 0 Å². The normalized spacial score (nSPS) is 13.9. The first-order valence-corrected chi connectivity index (χ1v) is 6.37. The predicted molar refractivity (Wildman–Crippen MR) is 78.0 cm³/mol. The number of nitrogens with two attached hydrogens (primary N) is 1. The van der Waals surface area contributed by atoms with Gasteiger partial charge in [-0.2, -0.15) is 0 Å². The Morgan fingerprint density at radius 1 is 1.20 bits per heavy atom. The largest absolute Gasteiger partial charge is 0.399 e. The Labute approximate surface area is 117 Å². The van der Waals surface area contributed by atoms with E-state index in [1.807, 2.05) is 18.2 Å². The molecule has 0 aliphatic rings. The third-order valence-electron chi connectivity index (χ3n) is 3.15. The van der Waals surface area contributed by atoms with Crippen molar-refractivity contribution in [2.75, 3.05) is 12.3 Å². The molecule has 2 rings (SSSR count). The minimum absolute atomic E-state index is 0.0102. The zero-order chi connectivity index (χ0) is 14.7. The second kappa shape index (κ2) is 5.90. The highest BCUT2D eigenvalue weighted by Crippen LogP contribution is 2.24. The van der Waals surface area contributed by atoms with Crippen LogP contribution in [0.4, 0.5) is 5.69 Å². The number of aliphatic hydroxyl groups excluding tert-OH is 2. The van der Waals surface area contributed by atoms with Crippen LogP contribution in [0.2, 0.25) is 0 Å². The minimum Gasteiger partial charge on any atom is -0.399 e. The molecule has 0 aliphatic carbocycles. The first-order valence-electron chi connectivity index (χ1n) is 6.37. The molecule has 0 aliphatic heterocycles. The Bertz CT molecular complexity index is 628. The number of benzene rings is 2. The van der Waals surface area contributed by atoms with Crippen molar-refractivity contribution in [2.45, 2.75) is 19.1 Å². The number of nitrogens with one attached hydrogen (secondary N) is 1. The fourth-order valence-electron chi connectivity index (χ4n) is 2.05. The standard InChI is InChI=1S/C15H18N2O3/c1-9(18)17-8-14(19)15(20)12-3-2-11-7-13(16)5-4-10(11)6-12/h2-7,14-15,19-20H,8,16H2,1H3,(H,17,18). The van der Waals surface area contributed by atoms with Gasteiger partial charge in [0.25, 0.3) is 0 Å². The number of aliphatic hydroxyl groups is 2. The molecule has 5 nitrogen and oxygen atoms in total. The fraction of sp³-hybridized carbons (Fsp3) is 0.267. The molecule has 0 bridgehead atoms. The second-order valence-electron chi connectivity index (χ2n) is 4.82. The van der Waals surface area contributed by atoms with Crippen LogP contribution < -0.4 is 11.1 Å². The summed E-state index contributed by atoms with van der Waals surface area (Å²) in [5.41, 5.74) is 6.98. The maximum atomic E-state index is 10.8. The van der Waals surface area contributed by atoms with Gasteiger partial charge in [-0.05, 0) is 34.5 Å². The molecule has 2 aromatic carbocycles. The molecular formula is C15H18N2O3. The second-order valence-corrected chi connectivity index (χ2v) is 4.82.